The van der Waals surface area contributed by atoms with E-state index in [-0.39, 0.29) is 11.9 Å². The highest BCUT2D eigenvalue weighted by Crippen LogP contribution is 2.36. The number of benzene rings is 3. The average molecular weight is 505 g/mol. The summed E-state index contributed by atoms with van der Waals surface area (Å²) in [4.78, 5) is 24.2. The maximum absolute atomic E-state index is 13.6. The van der Waals surface area contributed by atoms with Crippen LogP contribution in [0, 0.1) is 0 Å². The largest absolute Gasteiger partial charge is 0.397 e. The highest BCUT2D eigenvalue weighted by Gasteiger charge is 2.30. The molecule has 0 unspecified atom stereocenters. The fourth-order valence-electron chi connectivity index (χ4n) is 5.14. The van der Waals surface area contributed by atoms with Crippen molar-refractivity contribution in [2.75, 3.05) is 31.9 Å². The predicted octanol–water partition coefficient (Wildman–Crippen LogP) is 6.09. The van der Waals surface area contributed by atoms with Crippen LogP contribution in [0.3, 0.4) is 0 Å². The van der Waals surface area contributed by atoms with Crippen LogP contribution < -0.4 is 5.73 Å². The van der Waals surface area contributed by atoms with E-state index in [1.54, 1.807) is 0 Å². The molecule has 0 spiro atoms. The summed E-state index contributed by atoms with van der Waals surface area (Å²) >= 11 is 1.39. The smallest absolute Gasteiger partial charge is 0.266 e. The lowest BCUT2D eigenvalue weighted by molar-refractivity contribution is 0.0603. The number of pyridine rings is 1. The van der Waals surface area contributed by atoms with E-state index in [0.29, 0.717) is 23.7 Å². The van der Waals surface area contributed by atoms with Gasteiger partial charge in [-0.3, -0.25) is 9.69 Å². The van der Waals surface area contributed by atoms with Gasteiger partial charge in [-0.2, -0.15) is 0 Å². The summed E-state index contributed by atoms with van der Waals surface area (Å²) < 4.78 is 0. The van der Waals surface area contributed by atoms with Gasteiger partial charge in [0.2, 0.25) is 0 Å². The molecule has 0 atom stereocenters. The molecule has 0 saturated carbocycles. The lowest BCUT2D eigenvalue weighted by atomic mass is 9.96. The molecule has 5 nitrogen and oxygen atoms in total. The number of hydrogen-bond donors (Lipinski definition) is 1. The third-order valence-corrected chi connectivity index (χ3v) is 8.16. The van der Waals surface area contributed by atoms with Gasteiger partial charge in [-0.15, -0.1) is 11.3 Å². The van der Waals surface area contributed by atoms with Crippen LogP contribution in [0.2, 0.25) is 0 Å². The van der Waals surface area contributed by atoms with Crippen molar-refractivity contribution in [1.29, 1.82) is 0 Å². The quantitative estimate of drug-likeness (QED) is 0.314. The number of piperazine rings is 1. The number of fused-ring (bicyclic) bond motifs is 1. The standard InChI is InChI=1S/C31H28N4OS/c32-27-25-16-17-26(22-10-4-1-5-11-22)33-30(25)37-29(27)31(36)35-20-18-34(19-21-35)28(23-12-6-2-7-13-23)24-14-8-3-9-15-24/h1-17,28H,18-21,32H2. The molecule has 1 aliphatic heterocycles. The van der Waals surface area contributed by atoms with Crippen LogP contribution in [-0.2, 0) is 0 Å². The molecule has 1 fully saturated rings. The molecule has 184 valence electrons. The van der Waals surface area contributed by atoms with E-state index in [2.05, 4.69) is 65.6 Å². The van der Waals surface area contributed by atoms with Gasteiger partial charge in [0.1, 0.15) is 9.71 Å². The van der Waals surface area contributed by atoms with E-state index in [1.165, 1.54) is 22.5 Å². The number of carbonyl (C=O) groups excluding carboxylic acids is 1. The molecule has 6 heteroatoms. The number of nitrogen functional groups attached to an aromatic ring is 1. The third kappa shape index (κ3) is 4.61. The van der Waals surface area contributed by atoms with Gasteiger partial charge in [0.25, 0.3) is 5.91 Å². The van der Waals surface area contributed by atoms with Gasteiger partial charge in [-0.1, -0.05) is 91.0 Å². The number of thiophene rings is 1. The Morgan fingerprint density at radius 3 is 1.92 bits per heavy atom. The Balaban J connectivity index is 1.22. The topological polar surface area (TPSA) is 62.5 Å². The SMILES string of the molecule is Nc1c(C(=O)N2CCN(C(c3ccccc3)c3ccccc3)CC2)sc2nc(-c3ccccc3)ccc12. The second-order valence-corrected chi connectivity index (χ2v) is 10.3. The van der Waals surface area contributed by atoms with Gasteiger partial charge in [-0.25, -0.2) is 4.98 Å². The summed E-state index contributed by atoms with van der Waals surface area (Å²) in [6.45, 7) is 2.90. The lowest BCUT2D eigenvalue weighted by Gasteiger charge is -2.39. The number of carbonyl (C=O) groups is 1. The first-order valence-electron chi connectivity index (χ1n) is 12.6. The minimum absolute atomic E-state index is 0.00242. The number of hydrogen-bond acceptors (Lipinski definition) is 5. The van der Waals surface area contributed by atoms with E-state index in [4.69, 9.17) is 10.7 Å². The van der Waals surface area contributed by atoms with Crippen molar-refractivity contribution in [1.82, 2.24) is 14.8 Å². The molecule has 5 aromatic rings. The molecule has 2 N–H and O–H groups in total. The second kappa shape index (κ2) is 10.2. The zero-order valence-corrected chi connectivity index (χ0v) is 21.3. The molecular weight excluding hydrogens is 476 g/mol. The van der Waals surface area contributed by atoms with Crippen LogP contribution in [0.4, 0.5) is 5.69 Å². The Morgan fingerprint density at radius 2 is 1.32 bits per heavy atom. The first-order valence-corrected chi connectivity index (χ1v) is 13.4. The minimum Gasteiger partial charge on any atom is -0.397 e. The summed E-state index contributed by atoms with van der Waals surface area (Å²) in [5.74, 6) is -0.00242. The number of anilines is 1. The van der Waals surface area contributed by atoms with Crippen LogP contribution >= 0.6 is 11.3 Å². The minimum atomic E-state index is -0.00242. The Hall–Kier alpha value is -4.00. The van der Waals surface area contributed by atoms with E-state index in [0.717, 1.165) is 34.6 Å². The van der Waals surface area contributed by atoms with Gasteiger partial charge in [0, 0.05) is 37.1 Å². The number of nitrogens with zero attached hydrogens (tertiary/aromatic N) is 3. The zero-order valence-electron chi connectivity index (χ0n) is 20.5. The maximum Gasteiger partial charge on any atom is 0.266 e. The van der Waals surface area contributed by atoms with Crippen LogP contribution in [0.1, 0.15) is 26.8 Å². The molecule has 1 saturated heterocycles. The fraction of sp³-hybridized carbons (Fsp3) is 0.161. The van der Waals surface area contributed by atoms with E-state index in [9.17, 15) is 4.79 Å². The molecule has 1 aliphatic rings. The highest BCUT2D eigenvalue weighted by molar-refractivity contribution is 7.21. The summed E-state index contributed by atoms with van der Waals surface area (Å²) in [7, 11) is 0. The molecule has 0 bridgehead atoms. The third-order valence-electron chi connectivity index (χ3n) is 7.05. The van der Waals surface area contributed by atoms with Gasteiger partial charge >= 0.3 is 0 Å². The molecule has 0 radical (unpaired) electrons. The van der Waals surface area contributed by atoms with Gasteiger partial charge in [0.05, 0.1) is 17.4 Å². The summed E-state index contributed by atoms with van der Waals surface area (Å²) in [5.41, 5.74) is 11.5. The van der Waals surface area contributed by atoms with Crippen LogP contribution in [0.15, 0.2) is 103 Å². The van der Waals surface area contributed by atoms with Crippen molar-refractivity contribution < 1.29 is 4.79 Å². The Labute approximate surface area is 220 Å². The lowest BCUT2D eigenvalue weighted by Crippen LogP contribution is -2.49. The summed E-state index contributed by atoms with van der Waals surface area (Å²) in [6.07, 6.45) is 0. The fourth-order valence-corrected chi connectivity index (χ4v) is 6.20. The Kier molecular flexibility index (Phi) is 6.43. The Bertz CT molecular complexity index is 1470. The van der Waals surface area contributed by atoms with Crippen molar-refractivity contribution in [2.24, 2.45) is 0 Å². The molecule has 0 aliphatic carbocycles. The maximum atomic E-state index is 13.6. The number of aromatic nitrogens is 1. The van der Waals surface area contributed by atoms with E-state index >= 15 is 0 Å². The normalized spacial score (nSPS) is 14.4. The molecule has 1 amide bonds. The molecule has 3 aromatic carbocycles. The number of rotatable bonds is 5. The number of amides is 1. The molecule has 3 heterocycles. The molecule has 6 rings (SSSR count). The second-order valence-electron chi connectivity index (χ2n) is 9.31. The molecular formula is C31H28N4OS. The van der Waals surface area contributed by atoms with Crippen molar-refractivity contribution in [3.8, 4) is 11.3 Å². The monoisotopic (exact) mass is 504 g/mol. The molecule has 37 heavy (non-hydrogen) atoms. The van der Waals surface area contributed by atoms with Crippen molar-refractivity contribution >= 4 is 33.1 Å². The van der Waals surface area contributed by atoms with E-state index < -0.39 is 0 Å². The van der Waals surface area contributed by atoms with E-state index in [1.807, 2.05) is 47.4 Å². The Morgan fingerprint density at radius 1 is 0.757 bits per heavy atom. The van der Waals surface area contributed by atoms with Crippen LogP contribution in [0.5, 0.6) is 0 Å². The zero-order chi connectivity index (χ0) is 25.2. The van der Waals surface area contributed by atoms with Crippen LogP contribution in [-0.4, -0.2) is 46.9 Å². The van der Waals surface area contributed by atoms with Crippen LogP contribution in [0.25, 0.3) is 21.5 Å². The summed E-state index contributed by atoms with van der Waals surface area (Å²) in [6, 6.07) is 35.4. The number of nitrogens with two attached hydrogens (primary N) is 1. The first kappa shape index (κ1) is 23.4. The average Bonchev–Trinajstić information content (AvgIpc) is 3.30. The first-order chi connectivity index (χ1) is 18.2. The summed E-state index contributed by atoms with van der Waals surface area (Å²) in [5, 5.41) is 0.847. The van der Waals surface area contributed by atoms with Gasteiger partial charge in [0.15, 0.2) is 0 Å². The highest BCUT2D eigenvalue weighted by atomic mass is 32.1. The van der Waals surface area contributed by atoms with Gasteiger partial charge < -0.3 is 10.6 Å². The van der Waals surface area contributed by atoms with Crippen molar-refractivity contribution in [2.45, 2.75) is 6.04 Å². The molecule has 2 aromatic heterocycles. The van der Waals surface area contributed by atoms with Gasteiger partial charge in [-0.05, 0) is 23.3 Å². The van der Waals surface area contributed by atoms with Crippen molar-refractivity contribution in [3.63, 3.8) is 0 Å². The predicted molar refractivity (Wildman–Crippen MR) is 152 cm³/mol. The van der Waals surface area contributed by atoms with Crippen molar-refractivity contribution in [3.05, 3.63) is 119 Å².